The van der Waals surface area contributed by atoms with Gasteiger partial charge >= 0.3 is 5.97 Å². The number of rotatable bonds is 7. The Morgan fingerprint density at radius 3 is 2.28 bits per heavy atom. The Hall–Kier alpha value is -2.34. The van der Waals surface area contributed by atoms with E-state index in [0.717, 1.165) is 11.1 Å². The summed E-state index contributed by atoms with van der Waals surface area (Å²) in [4.78, 5) is 12.2. The van der Waals surface area contributed by atoms with Gasteiger partial charge in [-0.2, -0.15) is 0 Å². The summed E-state index contributed by atoms with van der Waals surface area (Å²) < 4.78 is 34.9. The topological polar surface area (TPSA) is 69.7 Å². The van der Waals surface area contributed by atoms with E-state index in [1.54, 1.807) is 12.1 Å². The van der Waals surface area contributed by atoms with Gasteiger partial charge in [-0.3, -0.25) is 0 Å². The van der Waals surface area contributed by atoms with Crippen molar-refractivity contribution in [3.8, 4) is 5.75 Å². The van der Waals surface area contributed by atoms with Crippen molar-refractivity contribution >= 4 is 15.8 Å². The lowest BCUT2D eigenvalue weighted by atomic mass is 10.1. The van der Waals surface area contributed by atoms with Gasteiger partial charge in [-0.05, 0) is 49.2 Å². The van der Waals surface area contributed by atoms with Crippen molar-refractivity contribution in [3.63, 3.8) is 0 Å². The molecule has 0 spiro atoms. The molecule has 0 aromatic heterocycles. The first-order valence-corrected chi connectivity index (χ1v) is 9.68. The first kappa shape index (κ1) is 19.0. The van der Waals surface area contributed by atoms with Crippen LogP contribution in [0, 0.1) is 13.8 Å². The van der Waals surface area contributed by atoms with E-state index < -0.39 is 15.8 Å². The minimum absolute atomic E-state index is 0.00210. The van der Waals surface area contributed by atoms with Crippen molar-refractivity contribution in [2.75, 3.05) is 19.0 Å². The predicted octanol–water partition coefficient (Wildman–Crippen LogP) is 3.33. The molecule has 0 fully saturated rings. The summed E-state index contributed by atoms with van der Waals surface area (Å²) in [7, 11) is -3.49. The SMILES string of the molecule is CCS(=O)(=O)c1ccccc1C(=O)OCCOc1cc(C)cc(C)c1. The van der Waals surface area contributed by atoms with Crippen LogP contribution in [-0.2, 0) is 14.6 Å². The fourth-order valence-electron chi connectivity index (χ4n) is 2.45. The van der Waals surface area contributed by atoms with E-state index in [-0.39, 0.29) is 29.4 Å². The summed E-state index contributed by atoms with van der Waals surface area (Å²) >= 11 is 0. The molecule has 2 aromatic rings. The average molecular weight is 362 g/mol. The molecule has 0 aliphatic carbocycles. The lowest BCUT2D eigenvalue weighted by Crippen LogP contribution is -2.16. The van der Waals surface area contributed by atoms with Gasteiger partial charge in [0.1, 0.15) is 19.0 Å². The molecule has 0 saturated heterocycles. The molecule has 0 saturated carbocycles. The second-order valence-corrected chi connectivity index (χ2v) is 7.95. The highest BCUT2D eigenvalue weighted by atomic mass is 32.2. The third kappa shape index (κ3) is 5.06. The lowest BCUT2D eigenvalue weighted by molar-refractivity contribution is 0.0446. The normalized spacial score (nSPS) is 11.2. The van der Waals surface area contributed by atoms with Gasteiger partial charge in [0.15, 0.2) is 9.84 Å². The quantitative estimate of drug-likeness (QED) is 0.558. The molecule has 25 heavy (non-hydrogen) atoms. The van der Waals surface area contributed by atoms with Crippen LogP contribution in [0.15, 0.2) is 47.4 Å². The number of esters is 1. The molecule has 0 amide bonds. The van der Waals surface area contributed by atoms with Crippen molar-refractivity contribution in [1.29, 1.82) is 0 Å². The molecule has 6 heteroatoms. The number of carbonyl (C=O) groups excluding carboxylic acids is 1. The zero-order valence-corrected chi connectivity index (χ0v) is 15.4. The third-order valence-electron chi connectivity index (χ3n) is 3.60. The predicted molar refractivity (Wildman–Crippen MR) is 95.9 cm³/mol. The number of hydrogen-bond acceptors (Lipinski definition) is 5. The molecule has 2 aromatic carbocycles. The van der Waals surface area contributed by atoms with Crippen molar-refractivity contribution in [2.24, 2.45) is 0 Å². The number of aryl methyl sites for hydroxylation is 2. The van der Waals surface area contributed by atoms with Crippen LogP contribution in [0.5, 0.6) is 5.75 Å². The highest BCUT2D eigenvalue weighted by molar-refractivity contribution is 7.91. The van der Waals surface area contributed by atoms with E-state index in [9.17, 15) is 13.2 Å². The van der Waals surface area contributed by atoms with E-state index in [0.29, 0.717) is 5.75 Å². The zero-order valence-electron chi connectivity index (χ0n) is 14.6. The van der Waals surface area contributed by atoms with Gasteiger partial charge in [0.2, 0.25) is 0 Å². The Bertz CT molecular complexity index is 836. The van der Waals surface area contributed by atoms with Crippen LogP contribution in [-0.4, -0.2) is 33.4 Å². The first-order chi connectivity index (χ1) is 11.8. The van der Waals surface area contributed by atoms with Crippen LogP contribution in [0.4, 0.5) is 0 Å². The molecular formula is C19H22O5S. The number of carbonyl (C=O) groups is 1. The molecule has 0 bridgehead atoms. The van der Waals surface area contributed by atoms with Crippen LogP contribution in [0.2, 0.25) is 0 Å². The molecule has 2 rings (SSSR count). The Balaban J connectivity index is 1.97. The summed E-state index contributed by atoms with van der Waals surface area (Å²) in [6, 6.07) is 11.9. The summed E-state index contributed by atoms with van der Waals surface area (Å²) in [6.45, 7) is 5.72. The van der Waals surface area contributed by atoms with Crippen molar-refractivity contribution < 1.29 is 22.7 Å². The summed E-state index contributed by atoms with van der Waals surface area (Å²) in [5, 5.41) is 0. The Morgan fingerprint density at radius 1 is 1.00 bits per heavy atom. The number of hydrogen-bond donors (Lipinski definition) is 0. The number of sulfone groups is 1. The lowest BCUT2D eigenvalue weighted by Gasteiger charge is -2.11. The van der Waals surface area contributed by atoms with E-state index in [2.05, 4.69) is 0 Å². The van der Waals surface area contributed by atoms with Crippen LogP contribution in [0.3, 0.4) is 0 Å². The molecule has 0 atom stereocenters. The highest BCUT2D eigenvalue weighted by Gasteiger charge is 2.21. The highest BCUT2D eigenvalue weighted by Crippen LogP contribution is 2.18. The van der Waals surface area contributed by atoms with Crippen LogP contribution in [0.25, 0.3) is 0 Å². The maximum absolute atomic E-state index is 12.2. The van der Waals surface area contributed by atoms with Gasteiger partial charge in [-0.25, -0.2) is 13.2 Å². The van der Waals surface area contributed by atoms with Crippen molar-refractivity contribution in [3.05, 3.63) is 59.2 Å². The summed E-state index contributed by atoms with van der Waals surface area (Å²) in [5.41, 5.74) is 2.23. The molecule has 0 heterocycles. The van der Waals surface area contributed by atoms with E-state index >= 15 is 0 Å². The molecule has 0 aliphatic rings. The third-order valence-corrected chi connectivity index (χ3v) is 5.39. The summed E-state index contributed by atoms with van der Waals surface area (Å²) in [5.74, 6) is -0.0354. The van der Waals surface area contributed by atoms with Gasteiger partial charge in [0.05, 0.1) is 16.2 Å². The smallest absolute Gasteiger partial charge is 0.339 e. The molecule has 0 radical (unpaired) electrons. The molecule has 0 N–H and O–H groups in total. The minimum Gasteiger partial charge on any atom is -0.490 e. The van der Waals surface area contributed by atoms with Crippen LogP contribution < -0.4 is 4.74 Å². The molecule has 134 valence electrons. The number of ether oxygens (including phenoxy) is 2. The van der Waals surface area contributed by atoms with E-state index in [1.807, 2.05) is 32.0 Å². The fourth-order valence-corrected chi connectivity index (χ4v) is 3.53. The monoisotopic (exact) mass is 362 g/mol. The Kier molecular flexibility index (Phi) is 6.20. The Morgan fingerprint density at radius 2 is 1.64 bits per heavy atom. The standard InChI is InChI=1S/C19H22O5S/c1-4-25(21,22)18-8-6-5-7-17(18)19(20)24-10-9-23-16-12-14(2)11-15(3)13-16/h5-8,11-13H,4,9-10H2,1-3H3. The van der Waals surface area contributed by atoms with Gasteiger partial charge in [0, 0.05) is 0 Å². The fraction of sp³-hybridized carbons (Fsp3) is 0.316. The Labute approximate surface area is 148 Å². The maximum atomic E-state index is 12.2. The zero-order chi connectivity index (χ0) is 18.4. The van der Waals surface area contributed by atoms with Crippen molar-refractivity contribution in [2.45, 2.75) is 25.7 Å². The minimum atomic E-state index is -3.49. The first-order valence-electron chi connectivity index (χ1n) is 8.03. The average Bonchev–Trinajstić information content (AvgIpc) is 2.57. The van der Waals surface area contributed by atoms with E-state index in [1.165, 1.54) is 19.1 Å². The number of benzene rings is 2. The maximum Gasteiger partial charge on any atom is 0.339 e. The van der Waals surface area contributed by atoms with Crippen LogP contribution >= 0.6 is 0 Å². The van der Waals surface area contributed by atoms with Gasteiger partial charge in [0.25, 0.3) is 0 Å². The van der Waals surface area contributed by atoms with E-state index in [4.69, 9.17) is 9.47 Å². The molecule has 0 aliphatic heterocycles. The molecule has 5 nitrogen and oxygen atoms in total. The second kappa shape index (κ2) is 8.16. The second-order valence-electron chi connectivity index (χ2n) is 5.71. The molecule has 0 unspecified atom stereocenters. The molecular weight excluding hydrogens is 340 g/mol. The van der Waals surface area contributed by atoms with Gasteiger partial charge < -0.3 is 9.47 Å². The van der Waals surface area contributed by atoms with Gasteiger partial charge in [-0.1, -0.05) is 25.1 Å². The van der Waals surface area contributed by atoms with Crippen LogP contribution in [0.1, 0.15) is 28.4 Å². The largest absolute Gasteiger partial charge is 0.490 e. The summed E-state index contributed by atoms with van der Waals surface area (Å²) in [6.07, 6.45) is 0. The van der Waals surface area contributed by atoms with Crippen molar-refractivity contribution in [1.82, 2.24) is 0 Å². The van der Waals surface area contributed by atoms with Gasteiger partial charge in [-0.15, -0.1) is 0 Å².